The van der Waals surface area contributed by atoms with Crippen LogP contribution < -0.4 is 5.32 Å². The predicted molar refractivity (Wildman–Crippen MR) is 86.9 cm³/mol. The molecule has 24 heavy (non-hydrogen) atoms. The van der Waals surface area contributed by atoms with E-state index < -0.39 is 0 Å². The third kappa shape index (κ3) is 2.96. The molecule has 2 atom stereocenters. The van der Waals surface area contributed by atoms with Gasteiger partial charge in [0.25, 0.3) is 0 Å². The standard InChI is InChI=1S/C16H20N6O2/c23-16(21-7-8-24-14-4-2-1-3-13(14)21)20-12-5-6-15(18-9-12)22-11-17-10-19-22/h5-6,9-11,13-14H,1-4,7-8H2,(H,20,23)/t13-,14+/m1/s1. The Labute approximate surface area is 139 Å². The lowest BCUT2D eigenvalue weighted by molar-refractivity contribution is -0.0694. The number of aromatic nitrogens is 4. The highest BCUT2D eigenvalue weighted by Gasteiger charge is 2.36. The highest BCUT2D eigenvalue weighted by atomic mass is 16.5. The predicted octanol–water partition coefficient (Wildman–Crippen LogP) is 1.84. The number of hydrogen-bond acceptors (Lipinski definition) is 5. The molecule has 1 saturated carbocycles. The van der Waals surface area contributed by atoms with Crippen LogP contribution in [0.1, 0.15) is 25.7 Å². The van der Waals surface area contributed by atoms with Crippen molar-refractivity contribution in [2.24, 2.45) is 0 Å². The quantitative estimate of drug-likeness (QED) is 0.909. The lowest BCUT2D eigenvalue weighted by Gasteiger charge is -2.43. The molecule has 2 aliphatic rings. The molecule has 0 bridgehead atoms. The van der Waals surface area contributed by atoms with Crippen molar-refractivity contribution in [3.05, 3.63) is 31.0 Å². The summed E-state index contributed by atoms with van der Waals surface area (Å²) in [7, 11) is 0. The van der Waals surface area contributed by atoms with Crippen molar-refractivity contribution in [1.29, 1.82) is 0 Å². The molecule has 0 radical (unpaired) electrons. The number of urea groups is 1. The van der Waals surface area contributed by atoms with Crippen molar-refractivity contribution < 1.29 is 9.53 Å². The summed E-state index contributed by atoms with van der Waals surface area (Å²) < 4.78 is 7.39. The molecule has 1 aliphatic heterocycles. The Morgan fingerprint density at radius 1 is 1.29 bits per heavy atom. The summed E-state index contributed by atoms with van der Waals surface area (Å²) >= 11 is 0. The van der Waals surface area contributed by atoms with Crippen molar-refractivity contribution in [3.8, 4) is 5.82 Å². The number of carbonyl (C=O) groups excluding carboxylic acids is 1. The Kier molecular flexibility index (Phi) is 4.12. The monoisotopic (exact) mass is 328 g/mol. The van der Waals surface area contributed by atoms with Gasteiger partial charge in [-0.1, -0.05) is 12.8 Å². The molecule has 0 aromatic carbocycles. The molecule has 2 amide bonds. The van der Waals surface area contributed by atoms with Crippen LogP contribution in [0.25, 0.3) is 5.82 Å². The van der Waals surface area contributed by atoms with Crippen LogP contribution in [0.3, 0.4) is 0 Å². The lowest BCUT2D eigenvalue weighted by atomic mass is 9.90. The maximum atomic E-state index is 12.6. The third-order valence-corrected chi connectivity index (χ3v) is 4.65. The minimum atomic E-state index is -0.0782. The van der Waals surface area contributed by atoms with Gasteiger partial charge >= 0.3 is 6.03 Å². The van der Waals surface area contributed by atoms with Crippen LogP contribution >= 0.6 is 0 Å². The molecule has 2 aromatic heterocycles. The SMILES string of the molecule is O=C(Nc1ccc(-n2cncn2)nc1)N1CCO[C@H]2CCCC[C@H]21. The largest absolute Gasteiger partial charge is 0.374 e. The van der Waals surface area contributed by atoms with Crippen LogP contribution in [-0.2, 0) is 4.74 Å². The summed E-state index contributed by atoms with van der Waals surface area (Å²) in [6, 6.07) is 3.73. The zero-order valence-electron chi connectivity index (χ0n) is 13.3. The molecule has 1 N–H and O–H groups in total. The second-order valence-electron chi connectivity index (χ2n) is 6.13. The Morgan fingerprint density at radius 3 is 3.00 bits per heavy atom. The molecule has 126 valence electrons. The van der Waals surface area contributed by atoms with Gasteiger partial charge in [-0.3, -0.25) is 0 Å². The number of pyridine rings is 1. The third-order valence-electron chi connectivity index (χ3n) is 4.65. The molecular formula is C16H20N6O2. The molecule has 0 unspecified atom stereocenters. The van der Waals surface area contributed by atoms with Crippen LogP contribution in [0.5, 0.6) is 0 Å². The van der Waals surface area contributed by atoms with Crippen LogP contribution in [0.15, 0.2) is 31.0 Å². The second kappa shape index (κ2) is 6.56. The average Bonchev–Trinajstić information content (AvgIpc) is 3.16. The molecule has 3 heterocycles. The van der Waals surface area contributed by atoms with Gasteiger partial charge in [-0.2, -0.15) is 5.10 Å². The van der Waals surface area contributed by atoms with Gasteiger partial charge in [0.15, 0.2) is 5.82 Å². The summed E-state index contributed by atoms with van der Waals surface area (Å²) in [6.07, 6.45) is 9.25. The molecule has 2 fully saturated rings. The van der Waals surface area contributed by atoms with Crippen molar-refractivity contribution in [2.45, 2.75) is 37.8 Å². The van der Waals surface area contributed by atoms with Crippen LogP contribution in [0.2, 0.25) is 0 Å². The van der Waals surface area contributed by atoms with E-state index in [1.54, 1.807) is 23.3 Å². The van der Waals surface area contributed by atoms with E-state index in [-0.39, 0.29) is 18.2 Å². The smallest absolute Gasteiger partial charge is 0.322 e. The Balaban J connectivity index is 1.43. The number of hydrogen-bond donors (Lipinski definition) is 1. The number of fused-ring (bicyclic) bond motifs is 1. The van der Waals surface area contributed by atoms with E-state index in [4.69, 9.17) is 4.74 Å². The summed E-state index contributed by atoms with van der Waals surface area (Å²) in [5.41, 5.74) is 0.669. The topological polar surface area (TPSA) is 85.2 Å². The fourth-order valence-corrected chi connectivity index (χ4v) is 3.47. The molecule has 8 nitrogen and oxygen atoms in total. The van der Waals surface area contributed by atoms with Gasteiger partial charge < -0.3 is 15.0 Å². The van der Waals surface area contributed by atoms with Crippen molar-refractivity contribution in [3.63, 3.8) is 0 Å². The summed E-state index contributed by atoms with van der Waals surface area (Å²) in [6.45, 7) is 1.25. The summed E-state index contributed by atoms with van der Waals surface area (Å²) in [5.74, 6) is 0.657. The minimum absolute atomic E-state index is 0.0782. The number of morpholine rings is 1. The van der Waals surface area contributed by atoms with Crippen LogP contribution in [-0.4, -0.2) is 56.0 Å². The Morgan fingerprint density at radius 2 is 2.21 bits per heavy atom. The van der Waals surface area contributed by atoms with Crippen molar-refractivity contribution in [1.82, 2.24) is 24.6 Å². The Bertz CT molecular complexity index is 685. The van der Waals surface area contributed by atoms with Crippen molar-refractivity contribution in [2.75, 3.05) is 18.5 Å². The number of rotatable bonds is 2. The van der Waals surface area contributed by atoms with Crippen molar-refractivity contribution >= 4 is 11.7 Å². The van der Waals surface area contributed by atoms with E-state index in [9.17, 15) is 4.79 Å². The maximum absolute atomic E-state index is 12.6. The number of anilines is 1. The molecule has 4 rings (SSSR count). The van der Waals surface area contributed by atoms with Gasteiger partial charge in [0.05, 0.1) is 30.6 Å². The molecule has 1 saturated heterocycles. The normalized spacial score (nSPS) is 23.6. The number of carbonyl (C=O) groups is 1. The number of nitrogens with zero attached hydrogens (tertiary/aromatic N) is 5. The molecule has 2 aromatic rings. The van der Waals surface area contributed by atoms with Gasteiger partial charge in [-0.05, 0) is 25.0 Å². The fraction of sp³-hybridized carbons (Fsp3) is 0.500. The zero-order chi connectivity index (χ0) is 16.4. The second-order valence-corrected chi connectivity index (χ2v) is 6.13. The van der Waals surface area contributed by atoms with E-state index in [2.05, 4.69) is 20.4 Å². The minimum Gasteiger partial charge on any atom is -0.374 e. The van der Waals surface area contributed by atoms with E-state index in [0.717, 1.165) is 19.3 Å². The first-order chi connectivity index (χ1) is 11.8. The highest BCUT2D eigenvalue weighted by Crippen LogP contribution is 2.28. The molecule has 8 heteroatoms. The maximum Gasteiger partial charge on any atom is 0.322 e. The first kappa shape index (κ1) is 15.1. The number of nitrogens with one attached hydrogen (secondary N) is 1. The van der Waals surface area contributed by atoms with Gasteiger partial charge in [0.1, 0.15) is 12.7 Å². The van der Waals surface area contributed by atoms with E-state index in [1.807, 2.05) is 11.0 Å². The molecular weight excluding hydrogens is 308 g/mol. The molecule has 0 spiro atoms. The van der Waals surface area contributed by atoms with Gasteiger partial charge in [-0.15, -0.1) is 0 Å². The van der Waals surface area contributed by atoms with E-state index >= 15 is 0 Å². The van der Waals surface area contributed by atoms with Gasteiger partial charge in [-0.25, -0.2) is 19.4 Å². The first-order valence-corrected chi connectivity index (χ1v) is 8.31. The number of amides is 2. The van der Waals surface area contributed by atoms with Gasteiger partial charge in [0, 0.05) is 6.54 Å². The summed E-state index contributed by atoms with van der Waals surface area (Å²) in [4.78, 5) is 22.8. The van der Waals surface area contributed by atoms with E-state index in [1.165, 1.54) is 12.7 Å². The highest BCUT2D eigenvalue weighted by molar-refractivity contribution is 5.89. The number of ether oxygens (including phenoxy) is 1. The van der Waals surface area contributed by atoms with Crippen LogP contribution in [0, 0.1) is 0 Å². The lowest BCUT2D eigenvalue weighted by Crippen LogP contribution is -2.55. The Hall–Kier alpha value is -2.48. The molecule has 1 aliphatic carbocycles. The summed E-state index contributed by atoms with van der Waals surface area (Å²) in [5, 5.41) is 6.97. The van der Waals surface area contributed by atoms with E-state index in [0.29, 0.717) is 24.7 Å². The first-order valence-electron chi connectivity index (χ1n) is 8.31. The fourth-order valence-electron chi connectivity index (χ4n) is 3.47. The zero-order valence-corrected chi connectivity index (χ0v) is 13.3. The van der Waals surface area contributed by atoms with Gasteiger partial charge in [0.2, 0.25) is 0 Å². The average molecular weight is 328 g/mol. The van der Waals surface area contributed by atoms with Crippen LogP contribution in [0.4, 0.5) is 10.5 Å².